The van der Waals surface area contributed by atoms with Crippen LogP contribution in [0.1, 0.15) is 87.7 Å². The number of carboxylic acid groups (broad SMARTS) is 1. The molecule has 3 amide bonds. The lowest BCUT2D eigenvalue weighted by atomic mass is 9.90. The van der Waals surface area contributed by atoms with E-state index in [1.165, 1.54) is 0 Å². The van der Waals surface area contributed by atoms with Crippen LogP contribution in [0.4, 0.5) is 4.79 Å². The van der Waals surface area contributed by atoms with Crippen molar-refractivity contribution in [2.75, 3.05) is 39.4 Å². The molecular weight excluding hydrogens is 793 g/mol. The second-order valence-electron chi connectivity index (χ2n) is 17.0. The number of benzene rings is 4. The fourth-order valence-corrected chi connectivity index (χ4v) is 10.0. The van der Waals surface area contributed by atoms with E-state index in [2.05, 4.69) is 107 Å². The normalized spacial score (nSPS) is 19.2. The third-order valence-corrected chi connectivity index (χ3v) is 13.4. The Morgan fingerprint density at radius 1 is 0.714 bits per heavy atom. The Morgan fingerprint density at radius 3 is 1.86 bits per heavy atom. The topological polar surface area (TPSA) is 160 Å². The number of hydrogen-bond acceptors (Lipinski definition) is 7. The second kappa shape index (κ2) is 18.6. The van der Waals surface area contributed by atoms with Crippen LogP contribution in [0.25, 0.3) is 44.4 Å². The van der Waals surface area contributed by atoms with Crippen molar-refractivity contribution in [2.45, 2.75) is 76.5 Å². The molecule has 3 fully saturated rings. The number of aromatic nitrogens is 4. The number of fused-ring (bicyclic) bond motifs is 1. The fraction of sp³-hybridized carbons (Fsp3) is 0.380. The number of aromatic amines is 2. The minimum absolute atomic E-state index is 0.0981. The van der Waals surface area contributed by atoms with Gasteiger partial charge in [-0.2, -0.15) is 0 Å². The van der Waals surface area contributed by atoms with Gasteiger partial charge in [0.15, 0.2) is 0 Å². The molecule has 13 nitrogen and oxygen atoms in total. The van der Waals surface area contributed by atoms with Crippen LogP contribution < -0.4 is 5.32 Å². The number of nitrogens with zero attached hydrogens (tertiary/aromatic N) is 5. The van der Waals surface area contributed by atoms with Crippen molar-refractivity contribution in [3.8, 4) is 33.6 Å². The van der Waals surface area contributed by atoms with Crippen LogP contribution in [0.3, 0.4) is 0 Å². The van der Waals surface area contributed by atoms with E-state index in [0.717, 1.165) is 94.6 Å². The van der Waals surface area contributed by atoms with Crippen LogP contribution in [-0.4, -0.2) is 103 Å². The van der Waals surface area contributed by atoms with Gasteiger partial charge in [0, 0.05) is 31.9 Å². The first-order valence-electron chi connectivity index (χ1n) is 22.5. The van der Waals surface area contributed by atoms with Gasteiger partial charge in [-0.05, 0) is 103 Å². The summed E-state index contributed by atoms with van der Waals surface area (Å²) < 4.78 is 5.48. The van der Waals surface area contributed by atoms with Gasteiger partial charge in [0.05, 0.1) is 35.9 Å². The largest absolute Gasteiger partial charge is 0.465 e. The van der Waals surface area contributed by atoms with E-state index >= 15 is 0 Å². The predicted molar refractivity (Wildman–Crippen MR) is 243 cm³/mol. The first kappa shape index (κ1) is 42.0. The van der Waals surface area contributed by atoms with Gasteiger partial charge in [0.2, 0.25) is 11.8 Å². The molecule has 0 unspecified atom stereocenters. The van der Waals surface area contributed by atoms with E-state index in [4.69, 9.17) is 14.7 Å². The van der Waals surface area contributed by atoms with Crippen molar-refractivity contribution in [1.82, 2.24) is 40.0 Å². The lowest BCUT2D eigenvalue weighted by Gasteiger charge is -2.34. The van der Waals surface area contributed by atoms with E-state index in [-0.39, 0.29) is 35.9 Å². The van der Waals surface area contributed by atoms with Crippen LogP contribution in [-0.2, 0) is 14.3 Å². The van der Waals surface area contributed by atoms with Gasteiger partial charge in [-0.1, -0.05) is 92.7 Å². The molecule has 0 spiro atoms. The monoisotopic (exact) mass is 848 g/mol. The number of carbonyl (C=O) groups is 3. The first-order valence-corrected chi connectivity index (χ1v) is 22.5. The summed E-state index contributed by atoms with van der Waals surface area (Å²) in [6.07, 6.45) is 7.18. The molecule has 326 valence electrons. The Kier molecular flexibility index (Phi) is 12.4. The summed E-state index contributed by atoms with van der Waals surface area (Å²) in [5.41, 5.74) is 7.05. The molecule has 5 heterocycles. The lowest BCUT2D eigenvalue weighted by molar-refractivity contribution is -0.138. The van der Waals surface area contributed by atoms with E-state index < -0.39 is 12.1 Å². The summed E-state index contributed by atoms with van der Waals surface area (Å²) in [6, 6.07) is 30.0. The molecule has 4 atom stereocenters. The van der Waals surface area contributed by atoms with Gasteiger partial charge in [0.25, 0.3) is 0 Å². The highest BCUT2D eigenvalue weighted by atomic mass is 16.5. The third-order valence-electron chi connectivity index (χ3n) is 13.4. The number of imidazole rings is 2. The van der Waals surface area contributed by atoms with E-state index in [1.54, 1.807) is 4.90 Å². The zero-order chi connectivity index (χ0) is 43.5. The van der Waals surface area contributed by atoms with E-state index in [0.29, 0.717) is 45.0 Å². The van der Waals surface area contributed by atoms with Crippen molar-refractivity contribution < 1.29 is 24.2 Å². The van der Waals surface area contributed by atoms with Crippen molar-refractivity contribution in [2.24, 2.45) is 5.92 Å². The Balaban J connectivity index is 0.872. The number of carbonyl (C=O) groups excluding carboxylic acids is 2. The highest BCUT2D eigenvalue weighted by molar-refractivity contribution is 5.91. The lowest BCUT2D eigenvalue weighted by Crippen LogP contribution is -2.52. The average molecular weight is 849 g/mol. The summed E-state index contributed by atoms with van der Waals surface area (Å²) in [5, 5.41) is 14.3. The average Bonchev–Trinajstić information content (AvgIpc) is 4.17. The fourth-order valence-electron chi connectivity index (χ4n) is 10.0. The molecule has 13 heteroatoms. The predicted octanol–water partition coefficient (Wildman–Crippen LogP) is 8.76. The number of amides is 3. The summed E-state index contributed by atoms with van der Waals surface area (Å²) >= 11 is 0. The second-order valence-corrected chi connectivity index (χ2v) is 17.0. The Morgan fingerprint density at radius 2 is 1.25 bits per heavy atom. The van der Waals surface area contributed by atoms with E-state index in [9.17, 15) is 19.5 Å². The molecule has 9 rings (SSSR count). The Hall–Kier alpha value is -6.31. The maximum atomic E-state index is 14.3. The first-order chi connectivity index (χ1) is 30.8. The van der Waals surface area contributed by atoms with Gasteiger partial charge in [0.1, 0.15) is 23.7 Å². The number of hydrogen-bond donors (Lipinski definition) is 4. The summed E-state index contributed by atoms with van der Waals surface area (Å²) in [7, 11) is 0. The van der Waals surface area contributed by atoms with Gasteiger partial charge in [-0.25, -0.2) is 14.8 Å². The van der Waals surface area contributed by atoms with Crippen molar-refractivity contribution >= 4 is 28.7 Å². The van der Waals surface area contributed by atoms with Crippen molar-refractivity contribution in [1.29, 1.82) is 0 Å². The van der Waals surface area contributed by atoms with Crippen molar-refractivity contribution in [3.05, 3.63) is 121 Å². The number of likely N-dealkylation sites (N-methyl/N-ethyl adjacent to an activating group) is 1. The number of nitrogens with one attached hydrogen (secondary N) is 3. The molecule has 0 bridgehead atoms. The van der Waals surface area contributed by atoms with Gasteiger partial charge >= 0.3 is 6.09 Å². The summed E-state index contributed by atoms with van der Waals surface area (Å²) in [6.45, 7) is 8.12. The summed E-state index contributed by atoms with van der Waals surface area (Å²) in [5.74, 6) is 1.37. The van der Waals surface area contributed by atoms with Crippen LogP contribution in [0.2, 0.25) is 0 Å². The number of likely N-dealkylation sites (tertiary alicyclic amines) is 2. The molecule has 2 aromatic heterocycles. The molecule has 0 saturated carbocycles. The molecule has 3 aliphatic rings. The van der Waals surface area contributed by atoms with Gasteiger partial charge in [-0.3, -0.25) is 14.5 Å². The maximum Gasteiger partial charge on any atom is 0.405 e. The van der Waals surface area contributed by atoms with Crippen LogP contribution >= 0.6 is 0 Å². The van der Waals surface area contributed by atoms with Crippen LogP contribution in [0.5, 0.6) is 0 Å². The minimum Gasteiger partial charge on any atom is -0.465 e. The molecule has 3 saturated heterocycles. The SMILES string of the molecule is CCN(CC)[C@@H](C(=O)N1CCC[C@H]1c1ncc(-c2ccc(-c3ccc4cc(-c5cnc([C@@H]6CCCN6C(=O)[C@@H](NC(=O)O)C6CCOCC6)[nH]5)ccc4c3)cc2)[nH]1)c1ccccc1. The molecule has 63 heavy (non-hydrogen) atoms. The molecular formula is C50H56N8O5. The highest BCUT2D eigenvalue weighted by Crippen LogP contribution is 2.37. The zero-order valence-corrected chi connectivity index (χ0v) is 36.0. The molecule has 0 aliphatic carbocycles. The molecule has 3 aliphatic heterocycles. The molecule has 4 N–H and O–H groups in total. The Bertz CT molecular complexity index is 2540. The Labute approximate surface area is 367 Å². The standard InChI is InChI=1S/C50H56N8O5/c1-3-56(4-2)45(35-10-6-5-7-11-35)49(60)58-25-9-13-43(58)47-51-30-40(53-47)33-16-14-32(15-17-33)36-18-19-38-29-39(21-20-37(38)28-36)41-31-52-46(54-41)42-12-8-24-57(42)48(59)44(55-50(61)62)34-22-26-63-27-23-34/h5-7,10-11,14-21,28-31,34,42-45,55H,3-4,8-9,12-13,22-27H2,1-2H3,(H,51,53)(H,52,54)(H,61,62)/t42-,43-,44-,45+/m0/s1. The third kappa shape index (κ3) is 8.72. The van der Waals surface area contributed by atoms with Crippen LogP contribution in [0.15, 0.2) is 103 Å². The number of rotatable bonds is 13. The smallest absolute Gasteiger partial charge is 0.405 e. The van der Waals surface area contributed by atoms with Crippen LogP contribution in [0, 0.1) is 5.92 Å². The van der Waals surface area contributed by atoms with E-state index in [1.807, 2.05) is 35.5 Å². The number of ether oxygens (including phenoxy) is 1. The highest BCUT2D eigenvalue weighted by Gasteiger charge is 2.41. The summed E-state index contributed by atoms with van der Waals surface area (Å²) in [4.78, 5) is 62.5. The molecule has 4 aromatic carbocycles. The number of H-pyrrole nitrogens is 2. The molecule has 0 radical (unpaired) electrons. The zero-order valence-electron chi connectivity index (χ0n) is 36.0. The van der Waals surface area contributed by atoms with Gasteiger partial charge in [-0.15, -0.1) is 0 Å². The van der Waals surface area contributed by atoms with Crippen molar-refractivity contribution in [3.63, 3.8) is 0 Å². The van der Waals surface area contributed by atoms with Gasteiger partial charge < -0.3 is 34.9 Å². The quantitative estimate of drug-likeness (QED) is 0.0898. The molecule has 6 aromatic rings. The minimum atomic E-state index is -1.19. The maximum absolute atomic E-state index is 14.3.